The maximum absolute atomic E-state index is 6.30. The summed E-state index contributed by atoms with van der Waals surface area (Å²) in [5.41, 5.74) is 0. The summed E-state index contributed by atoms with van der Waals surface area (Å²) in [5.74, 6) is 0. The Morgan fingerprint density at radius 3 is 1.23 bits per heavy atom. The molecule has 0 aliphatic rings. The van der Waals surface area contributed by atoms with Crippen LogP contribution in [0.2, 0.25) is 0 Å². The van der Waals surface area contributed by atoms with Gasteiger partial charge in [0.1, 0.15) is 0 Å². The molecule has 1 atom stereocenters. The SMILES string of the molecule is CCCCCCCCCCOC(CCCCCCCC(CCCCCC)NCCCN(C)C)OCCCCCCCCCC. The lowest BCUT2D eigenvalue weighted by Crippen LogP contribution is -2.31. The first kappa shape index (κ1) is 43.8. The van der Waals surface area contributed by atoms with Gasteiger partial charge in [0.2, 0.25) is 0 Å². The third kappa shape index (κ3) is 34.7. The third-order valence-electron chi connectivity index (χ3n) is 9.22. The minimum absolute atomic E-state index is 0.0166. The van der Waals surface area contributed by atoms with Crippen molar-refractivity contribution in [1.82, 2.24) is 10.2 Å². The van der Waals surface area contributed by atoms with E-state index < -0.39 is 0 Å². The van der Waals surface area contributed by atoms with E-state index in [1.54, 1.807) is 0 Å². The number of ether oxygens (including phenoxy) is 2. The first-order valence-electron chi connectivity index (χ1n) is 20.2. The molecule has 4 nitrogen and oxygen atoms in total. The Bertz CT molecular complexity index is 494. The molecular formula is C40H84N2O2. The molecule has 44 heavy (non-hydrogen) atoms. The molecule has 0 aromatic heterocycles. The third-order valence-corrected chi connectivity index (χ3v) is 9.22. The van der Waals surface area contributed by atoms with Crippen LogP contribution in [0.25, 0.3) is 0 Å². The largest absolute Gasteiger partial charge is 0.353 e. The van der Waals surface area contributed by atoms with E-state index in [2.05, 4.69) is 45.1 Å². The number of hydrogen-bond donors (Lipinski definition) is 1. The molecule has 0 spiro atoms. The van der Waals surface area contributed by atoms with Crippen molar-refractivity contribution in [3.63, 3.8) is 0 Å². The fourth-order valence-electron chi connectivity index (χ4n) is 6.22. The Kier molecular flexibility index (Phi) is 37.2. The Morgan fingerprint density at radius 2 is 0.795 bits per heavy atom. The standard InChI is InChI=1S/C40H84N2O2/c1-6-9-12-15-17-19-24-29-37-43-40(44-38-30-25-20-18-16-13-10-7-2)34-28-23-21-22-27-33-39(32-26-14-11-8-3)41-35-31-36-42(4)5/h39-41H,6-38H2,1-5H3. The van der Waals surface area contributed by atoms with Crippen LogP contribution in [0.5, 0.6) is 0 Å². The van der Waals surface area contributed by atoms with Crippen molar-refractivity contribution in [3.8, 4) is 0 Å². The number of nitrogens with zero attached hydrogens (tertiary/aromatic N) is 1. The van der Waals surface area contributed by atoms with Crippen LogP contribution in [0.4, 0.5) is 0 Å². The van der Waals surface area contributed by atoms with Gasteiger partial charge >= 0.3 is 0 Å². The Balaban J connectivity index is 4.22. The molecule has 0 saturated heterocycles. The average molecular weight is 625 g/mol. The lowest BCUT2D eigenvalue weighted by atomic mass is 10.0. The number of rotatable bonds is 38. The summed E-state index contributed by atoms with van der Waals surface area (Å²) in [5, 5.41) is 3.90. The highest BCUT2D eigenvalue weighted by Crippen LogP contribution is 2.17. The van der Waals surface area contributed by atoms with E-state index >= 15 is 0 Å². The minimum atomic E-state index is 0.0166. The summed E-state index contributed by atoms with van der Waals surface area (Å²) < 4.78 is 12.6. The van der Waals surface area contributed by atoms with Crippen molar-refractivity contribution >= 4 is 0 Å². The highest BCUT2D eigenvalue weighted by molar-refractivity contribution is 4.68. The monoisotopic (exact) mass is 625 g/mol. The second kappa shape index (κ2) is 37.3. The van der Waals surface area contributed by atoms with Gasteiger partial charge in [-0.25, -0.2) is 0 Å². The molecule has 0 aliphatic carbocycles. The molecule has 0 rings (SSSR count). The second-order valence-electron chi connectivity index (χ2n) is 14.1. The predicted molar refractivity (Wildman–Crippen MR) is 197 cm³/mol. The van der Waals surface area contributed by atoms with Crippen molar-refractivity contribution in [1.29, 1.82) is 0 Å². The summed E-state index contributed by atoms with van der Waals surface area (Å²) >= 11 is 0. The zero-order valence-electron chi connectivity index (χ0n) is 31.3. The normalized spacial score (nSPS) is 12.6. The quantitative estimate of drug-likeness (QED) is 0.0547. The summed E-state index contributed by atoms with van der Waals surface area (Å²) in [7, 11) is 4.36. The summed E-state index contributed by atoms with van der Waals surface area (Å²) in [6.07, 6.45) is 38.8. The lowest BCUT2D eigenvalue weighted by Gasteiger charge is -2.20. The van der Waals surface area contributed by atoms with Gasteiger partial charge in [0, 0.05) is 19.3 Å². The molecule has 0 aromatic carbocycles. The number of hydrogen-bond acceptors (Lipinski definition) is 4. The van der Waals surface area contributed by atoms with Gasteiger partial charge in [0.05, 0.1) is 0 Å². The molecule has 0 aromatic rings. The number of unbranched alkanes of at least 4 members (excludes halogenated alkanes) is 21. The maximum Gasteiger partial charge on any atom is 0.157 e. The van der Waals surface area contributed by atoms with E-state index in [1.807, 2.05) is 0 Å². The van der Waals surface area contributed by atoms with Gasteiger partial charge in [0.15, 0.2) is 6.29 Å². The van der Waals surface area contributed by atoms with Gasteiger partial charge in [-0.2, -0.15) is 0 Å². The average Bonchev–Trinajstić information content (AvgIpc) is 3.02. The van der Waals surface area contributed by atoms with Gasteiger partial charge < -0.3 is 19.7 Å². The summed E-state index contributed by atoms with van der Waals surface area (Å²) in [4.78, 5) is 2.30. The molecule has 0 amide bonds. The van der Waals surface area contributed by atoms with Crippen molar-refractivity contribution in [2.45, 2.75) is 219 Å². The van der Waals surface area contributed by atoms with Crippen molar-refractivity contribution < 1.29 is 9.47 Å². The molecular weight excluding hydrogens is 540 g/mol. The van der Waals surface area contributed by atoms with E-state index in [4.69, 9.17) is 9.47 Å². The number of nitrogens with one attached hydrogen (secondary N) is 1. The van der Waals surface area contributed by atoms with Crippen molar-refractivity contribution in [2.75, 3.05) is 40.4 Å². The van der Waals surface area contributed by atoms with Crippen LogP contribution in [-0.4, -0.2) is 57.6 Å². The van der Waals surface area contributed by atoms with Crippen molar-refractivity contribution in [2.24, 2.45) is 0 Å². The van der Waals surface area contributed by atoms with Crippen LogP contribution in [0.15, 0.2) is 0 Å². The van der Waals surface area contributed by atoms with Crippen molar-refractivity contribution in [3.05, 3.63) is 0 Å². The smallest absolute Gasteiger partial charge is 0.157 e. The van der Waals surface area contributed by atoms with Gasteiger partial charge in [-0.3, -0.25) is 0 Å². The molecule has 4 heteroatoms. The van der Waals surface area contributed by atoms with E-state index in [0.29, 0.717) is 6.04 Å². The minimum Gasteiger partial charge on any atom is -0.353 e. The van der Waals surface area contributed by atoms with E-state index in [-0.39, 0.29) is 6.29 Å². The van der Waals surface area contributed by atoms with E-state index in [0.717, 1.165) is 26.2 Å². The fraction of sp³-hybridized carbons (Fsp3) is 1.00. The molecule has 0 fully saturated rings. The second-order valence-corrected chi connectivity index (χ2v) is 14.1. The maximum atomic E-state index is 6.30. The predicted octanol–water partition coefficient (Wildman–Crippen LogP) is 12.2. The Labute approximate surface area is 279 Å². The van der Waals surface area contributed by atoms with Crippen LogP contribution in [0, 0.1) is 0 Å². The van der Waals surface area contributed by atoms with Crippen LogP contribution in [-0.2, 0) is 9.47 Å². The first-order valence-corrected chi connectivity index (χ1v) is 20.2. The Hall–Kier alpha value is -0.160. The lowest BCUT2D eigenvalue weighted by molar-refractivity contribution is -0.148. The van der Waals surface area contributed by atoms with Gasteiger partial charge in [-0.15, -0.1) is 0 Å². The van der Waals surface area contributed by atoms with E-state index in [9.17, 15) is 0 Å². The molecule has 266 valence electrons. The highest BCUT2D eigenvalue weighted by atomic mass is 16.7. The molecule has 1 unspecified atom stereocenters. The van der Waals surface area contributed by atoms with Crippen LogP contribution in [0.1, 0.15) is 207 Å². The van der Waals surface area contributed by atoms with Crippen LogP contribution in [0.3, 0.4) is 0 Å². The summed E-state index contributed by atoms with van der Waals surface area (Å²) in [6.45, 7) is 11.0. The molecule has 0 aliphatic heterocycles. The fourth-order valence-corrected chi connectivity index (χ4v) is 6.22. The first-order chi connectivity index (χ1) is 21.6. The van der Waals surface area contributed by atoms with Gasteiger partial charge in [-0.05, 0) is 72.1 Å². The van der Waals surface area contributed by atoms with Gasteiger partial charge in [-0.1, -0.05) is 162 Å². The molecule has 0 saturated carbocycles. The topological polar surface area (TPSA) is 33.7 Å². The zero-order valence-corrected chi connectivity index (χ0v) is 31.3. The van der Waals surface area contributed by atoms with E-state index in [1.165, 1.54) is 186 Å². The Morgan fingerprint density at radius 1 is 0.432 bits per heavy atom. The zero-order chi connectivity index (χ0) is 32.2. The molecule has 0 bridgehead atoms. The highest BCUT2D eigenvalue weighted by Gasteiger charge is 2.11. The van der Waals surface area contributed by atoms with Crippen LogP contribution >= 0.6 is 0 Å². The summed E-state index contributed by atoms with van der Waals surface area (Å²) in [6, 6.07) is 0.716. The van der Waals surface area contributed by atoms with Gasteiger partial charge in [0.25, 0.3) is 0 Å². The van der Waals surface area contributed by atoms with Crippen LogP contribution < -0.4 is 5.32 Å². The molecule has 1 N–H and O–H groups in total. The molecule has 0 radical (unpaired) electrons. The molecule has 0 heterocycles.